The van der Waals surface area contributed by atoms with Crippen LogP contribution in [0.4, 0.5) is 0 Å². The molecule has 0 N–H and O–H groups in total. The normalized spacial score (nSPS) is 13.1. The molecular formula is C17H28O. The molecule has 0 aromatic heterocycles. The van der Waals surface area contributed by atoms with Crippen molar-refractivity contribution in [2.45, 2.75) is 72.0 Å². The highest BCUT2D eigenvalue weighted by Gasteiger charge is 2.24. The van der Waals surface area contributed by atoms with Gasteiger partial charge in [-0.1, -0.05) is 45.0 Å². The zero-order valence-corrected chi connectivity index (χ0v) is 13.0. The lowest BCUT2D eigenvalue weighted by atomic mass is 9.81. The van der Waals surface area contributed by atoms with Gasteiger partial charge in [-0.05, 0) is 50.7 Å². The Balaban J connectivity index is 2.96. The predicted molar refractivity (Wildman–Crippen MR) is 79.0 cm³/mol. The number of hydrogen-bond donors (Lipinski definition) is 0. The van der Waals surface area contributed by atoms with Gasteiger partial charge in [-0.15, -0.1) is 0 Å². The van der Waals surface area contributed by atoms with Crippen molar-refractivity contribution in [3.8, 4) is 0 Å². The lowest BCUT2D eigenvalue weighted by Crippen LogP contribution is -2.25. The average Bonchev–Trinajstić information content (AvgIpc) is 2.27. The standard InChI is InChI=1S/C17H28O/c1-8-16(4,5)14-9-11-15(12-10-14)17(6,7)18-13(2)3/h9-13H,8H2,1-7H3. The van der Waals surface area contributed by atoms with Crippen molar-refractivity contribution in [1.82, 2.24) is 0 Å². The molecule has 0 aliphatic rings. The van der Waals surface area contributed by atoms with Gasteiger partial charge in [-0.3, -0.25) is 0 Å². The Kier molecular flexibility index (Phi) is 4.61. The molecule has 0 bridgehead atoms. The quantitative estimate of drug-likeness (QED) is 0.709. The van der Waals surface area contributed by atoms with Gasteiger partial charge in [-0.2, -0.15) is 0 Å². The summed E-state index contributed by atoms with van der Waals surface area (Å²) in [6, 6.07) is 8.89. The van der Waals surface area contributed by atoms with E-state index in [4.69, 9.17) is 4.74 Å². The zero-order chi connectivity index (χ0) is 14.0. The first-order valence-corrected chi connectivity index (χ1v) is 6.98. The van der Waals surface area contributed by atoms with Crippen molar-refractivity contribution >= 4 is 0 Å². The molecule has 0 unspecified atom stereocenters. The van der Waals surface area contributed by atoms with Gasteiger partial charge < -0.3 is 4.74 Å². The summed E-state index contributed by atoms with van der Waals surface area (Å²) in [7, 11) is 0. The van der Waals surface area contributed by atoms with Crippen LogP contribution in [0.15, 0.2) is 24.3 Å². The molecule has 102 valence electrons. The summed E-state index contributed by atoms with van der Waals surface area (Å²) in [6.07, 6.45) is 1.39. The third-order valence-corrected chi connectivity index (χ3v) is 3.78. The van der Waals surface area contributed by atoms with Crippen molar-refractivity contribution in [2.24, 2.45) is 0 Å². The molecule has 0 heterocycles. The zero-order valence-electron chi connectivity index (χ0n) is 13.0. The molecule has 18 heavy (non-hydrogen) atoms. The van der Waals surface area contributed by atoms with E-state index in [0.29, 0.717) is 0 Å². The van der Waals surface area contributed by atoms with Crippen LogP contribution in [0, 0.1) is 0 Å². The van der Waals surface area contributed by atoms with E-state index in [2.05, 4.69) is 72.7 Å². The second-order valence-corrected chi connectivity index (χ2v) is 6.49. The van der Waals surface area contributed by atoms with Crippen molar-refractivity contribution in [2.75, 3.05) is 0 Å². The predicted octanol–water partition coefficient (Wildman–Crippen LogP) is 5.03. The minimum absolute atomic E-state index is 0.219. The van der Waals surface area contributed by atoms with Crippen LogP contribution in [-0.2, 0) is 15.8 Å². The molecule has 1 heteroatoms. The Morgan fingerprint density at radius 2 is 1.39 bits per heavy atom. The fourth-order valence-electron chi connectivity index (χ4n) is 2.18. The molecule has 1 aromatic carbocycles. The highest BCUT2D eigenvalue weighted by molar-refractivity contribution is 5.30. The molecule has 1 nitrogen and oxygen atoms in total. The first-order chi connectivity index (χ1) is 8.19. The fourth-order valence-corrected chi connectivity index (χ4v) is 2.18. The summed E-state index contributed by atoms with van der Waals surface area (Å²) in [4.78, 5) is 0. The Morgan fingerprint density at radius 3 is 1.78 bits per heavy atom. The van der Waals surface area contributed by atoms with Gasteiger partial charge in [0.05, 0.1) is 11.7 Å². The second-order valence-electron chi connectivity index (χ2n) is 6.49. The lowest BCUT2D eigenvalue weighted by molar-refractivity contribution is -0.0600. The van der Waals surface area contributed by atoms with Crippen LogP contribution in [0.1, 0.15) is 66.0 Å². The monoisotopic (exact) mass is 248 g/mol. The Hall–Kier alpha value is -0.820. The van der Waals surface area contributed by atoms with Crippen LogP contribution >= 0.6 is 0 Å². The molecule has 1 aromatic rings. The van der Waals surface area contributed by atoms with E-state index in [1.165, 1.54) is 11.1 Å². The minimum Gasteiger partial charge on any atom is -0.368 e. The van der Waals surface area contributed by atoms with Gasteiger partial charge >= 0.3 is 0 Å². The summed E-state index contributed by atoms with van der Waals surface area (Å²) in [6.45, 7) is 15.2. The van der Waals surface area contributed by atoms with E-state index in [0.717, 1.165) is 6.42 Å². The Labute approximate surface area is 113 Å². The van der Waals surface area contributed by atoms with Crippen molar-refractivity contribution in [3.63, 3.8) is 0 Å². The number of rotatable bonds is 5. The molecule has 0 radical (unpaired) electrons. The maximum absolute atomic E-state index is 5.98. The molecule has 0 aliphatic carbocycles. The van der Waals surface area contributed by atoms with Crippen LogP contribution in [-0.4, -0.2) is 6.10 Å². The van der Waals surface area contributed by atoms with Gasteiger partial charge in [0.25, 0.3) is 0 Å². The van der Waals surface area contributed by atoms with Crippen molar-refractivity contribution < 1.29 is 4.74 Å². The molecule has 0 saturated heterocycles. The molecule has 0 amide bonds. The van der Waals surface area contributed by atoms with Gasteiger partial charge in [-0.25, -0.2) is 0 Å². The molecule has 1 rings (SSSR count). The van der Waals surface area contributed by atoms with Crippen LogP contribution in [0.3, 0.4) is 0 Å². The second kappa shape index (κ2) is 5.44. The molecule has 0 saturated carbocycles. The van der Waals surface area contributed by atoms with E-state index in [9.17, 15) is 0 Å². The van der Waals surface area contributed by atoms with Gasteiger partial charge in [0.2, 0.25) is 0 Å². The van der Waals surface area contributed by atoms with Crippen LogP contribution < -0.4 is 0 Å². The van der Waals surface area contributed by atoms with Gasteiger partial charge in [0.1, 0.15) is 0 Å². The van der Waals surface area contributed by atoms with E-state index < -0.39 is 0 Å². The summed E-state index contributed by atoms with van der Waals surface area (Å²) >= 11 is 0. The smallest absolute Gasteiger partial charge is 0.0878 e. The summed E-state index contributed by atoms with van der Waals surface area (Å²) in [5, 5.41) is 0. The fraction of sp³-hybridized carbons (Fsp3) is 0.647. The first kappa shape index (κ1) is 15.2. The highest BCUT2D eigenvalue weighted by atomic mass is 16.5. The lowest BCUT2D eigenvalue weighted by Gasteiger charge is -2.30. The maximum atomic E-state index is 5.98. The highest BCUT2D eigenvalue weighted by Crippen LogP contribution is 2.31. The minimum atomic E-state index is -0.219. The Bertz CT molecular complexity index is 371. The Morgan fingerprint density at radius 1 is 0.944 bits per heavy atom. The van der Waals surface area contributed by atoms with Gasteiger partial charge in [0, 0.05) is 0 Å². The molecular weight excluding hydrogens is 220 g/mol. The molecule has 0 aliphatic heterocycles. The summed E-state index contributed by atoms with van der Waals surface area (Å²) in [5.74, 6) is 0. The first-order valence-electron chi connectivity index (χ1n) is 6.98. The maximum Gasteiger partial charge on any atom is 0.0878 e. The van der Waals surface area contributed by atoms with E-state index in [-0.39, 0.29) is 17.1 Å². The molecule has 0 fully saturated rings. The number of benzene rings is 1. The third-order valence-electron chi connectivity index (χ3n) is 3.78. The SMILES string of the molecule is CCC(C)(C)c1ccc(C(C)(C)OC(C)C)cc1. The summed E-state index contributed by atoms with van der Waals surface area (Å²) in [5.41, 5.74) is 2.67. The summed E-state index contributed by atoms with van der Waals surface area (Å²) < 4.78 is 5.98. The van der Waals surface area contributed by atoms with Crippen molar-refractivity contribution in [1.29, 1.82) is 0 Å². The largest absolute Gasteiger partial charge is 0.368 e. The van der Waals surface area contributed by atoms with Crippen LogP contribution in [0.2, 0.25) is 0 Å². The van der Waals surface area contributed by atoms with Crippen LogP contribution in [0.5, 0.6) is 0 Å². The molecule has 0 atom stereocenters. The number of ether oxygens (including phenoxy) is 1. The average molecular weight is 248 g/mol. The van der Waals surface area contributed by atoms with Gasteiger partial charge in [0.15, 0.2) is 0 Å². The van der Waals surface area contributed by atoms with E-state index in [1.807, 2.05) is 0 Å². The topological polar surface area (TPSA) is 9.23 Å². The van der Waals surface area contributed by atoms with E-state index >= 15 is 0 Å². The third kappa shape index (κ3) is 3.58. The van der Waals surface area contributed by atoms with Crippen LogP contribution in [0.25, 0.3) is 0 Å². The molecule has 0 spiro atoms. The van der Waals surface area contributed by atoms with Crippen molar-refractivity contribution in [3.05, 3.63) is 35.4 Å². The number of hydrogen-bond acceptors (Lipinski definition) is 1. The van der Waals surface area contributed by atoms with E-state index in [1.54, 1.807) is 0 Å².